The van der Waals surface area contributed by atoms with Crippen molar-refractivity contribution >= 4 is 28.5 Å². The van der Waals surface area contributed by atoms with E-state index in [-0.39, 0.29) is 0 Å². The van der Waals surface area contributed by atoms with Crippen molar-refractivity contribution in [3.05, 3.63) is 115 Å². The summed E-state index contributed by atoms with van der Waals surface area (Å²) in [7, 11) is 0. The van der Waals surface area contributed by atoms with Crippen molar-refractivity contribution in [1.82, 2.24) is 32.7 Å². The number of hydrogen-bond acceptors (Lipinski definition) is 5. The molecule has 4 aromatic heterocycles. The van der Waals surface area contributed by atoms with Gasteiger partial charge in [-0.2, -0.15) is 5.10 Å². The van der Waals surface area contributed by atoms with E-state index in [2.05, 4.69) is 89.6 Å². The third-order valence-corrected chi connectivity index (χ3v) is 6.84. The second kappa shape index (κ2) is 10.2. The maximum atomic E-state index is 5.02. The molecule has 0 atom stereocenters. The standard InChI is InChI=1S/C29H24IN7/c1-20-7-5-12-25(33-20)29-28(24-13-14-27-31-19-32-37(27)17-24)34-26(35-29)18-36(30)16-21-8-6-11-23(15-21)22-9-3-2-4-10-22/h2-15,17,19H,16,18H2,1H3,(H,34,35). The number of imidazole rings is 1. The van der Waals surface area contributed by atoms with Crippen LogP contribution < -0.4 is 0 Å². The predicted molar refractivity (Wildman–Crippen MR) is 154 cm³/mol. The van der Waals surface area contributed by atoms with E-state index < -0.39 is 0 Å². The third-order valence-electron chi connectivity index (χ3n) is 6.15. The van der Waals surface area contributed by atoms with E-state index in [9.17, 15) is 0 Å². The number of aryl methyl sites for hydroxylation is 1. The molecule has 0 aliphatic heterocycles. The summed E-state index contributed by atoms with van der Waals surface area (Å²) in [4.78, 5) is 17.6. The minimum absolute atomic E-state index is 0.653. The first-order valence-electron chi connectivity index (χ1n) is 12.0. The Labute approximate surface area is 228 Å². The summed E-state index contributed by atoms with van der Waals surface area (Å²) in [5.41, 5.74) is 9.01. The fourth-order valence-electron chi connectivity index (χ4n) is 4.43. The zero-order chi connectivity index (χ0) is 25.2. The van der Waals surface area contributed by atoms with Gasteiger partial charge in [0.05, 0.1) is 23.6 Å². The molecule has 0 bridgehead atoms. The van der Waals surface area contributed by atoms with Gasteiger partial charge in [-0.3, -0.25) is 4.98 Å². The molecule has 0 amide bonds. The highest BCUT2D eigenvalue weighted by Gasteiger charge is 2.18. The first kappa shape index (κ1) is 23.5. The lowest BCUT2D eigenvalue weighted by atomic mass is 10.0. The fourth-order valence-corrected chi connectivity index (χ4v) is 5.14. The van der Waals surface area contributed by atoms with Crippen LogP contribution in [0.2, 0.25) is 0 Å². The Bertz CT molecular complexity index is 1670. The Morgan fingerprint density at radius 2 is 1.68 bits per heavy atom. The van der Waals surface area contributed by atoms with Crippen LogP contribution >= 0.6 is 22.9 Å². The third kappa shape index (κ3) is 5.16. The van der Waals surface area contributed by atoms with Gasteiger partial charge in [0.2, 0.25) is 0 Å². The molecule has 4 heterocycles. The SMILES string of the molecule is Cc1cccc(-c2[nH]c(CN(I)Cc3cccc(-c4ccccc4)c3)nc2-c2ccc3ncnn3c2)n1. The van der Waals surface area contributed by atoms with Crippen LogP contribution in [-0.2, 0) is 13.1 Å². The van der Waals surface area contributed by atoms with Gasteiger partial charge in [0.25, 0.3) is 0 Å². The van der Waals surface area contributed by atoms with Crippen molar-refractivity contribution in [2.45, 2.75) is 20.0 Å². The van der Waals surface area contributed by atoms with Crippen LogP contribution in [0.1, 0.15) is 17.1 Å². The molecule has 8 heteroatoms. The topological polar surface area (TPSA) is 75.0 Å². The molecule has 37 heavy (non-hydrogen) atoms. The molecular weight excluding hydrogens is 573 g/mol. The largest absolute Gasteiger partial charge is 0.339 e. The maximum Gasteiger partial charge on any atom is 0.155 e. The van der Waals surface area contributed by atoms with Gasteiger partial charge >= 0.3 is 0 Å². The van der Waals surface area contributed by atoms with E-state index in [4.69, 9.17) is 9.97 Å². The molecule has 0 unspecified atom stereocenters. The molecule has 6 aromatic rings. The summed E-state index contributed by atoms with van der Waals surface area (Å²) < 4.78 is 4.00. The van der Waals surface area contributed by atoms with Gasteiger partial charge in [-0.05, 0) is 53.9 Å². The molecule has 182 valence electrons. The van der Waals surface area contributed by atoms with Crippen LogP contribution in [0.25, 0.3) is 39.4 Å². The van der Waals surface area contributed by atoms with Gasteiger partial charge < -0.3 is 4.98 Å². The van der Waals surface area contributed by atoms with Gasteiger partial charge in [0.1, 0.15) is 12.2 Å². The Kier molecular flexibility index (Phi) is 6.50. The molecule has 7 nitrogen and oxygen atoms in total. The van der Waals surface area contributed by atoms with E-state index >= 15 is 0 Å². The van der Waals surface area contributed by atoms with E-state index in [1.54, 1.807) is 10.8 Å². The summed E-state index contributed by atoms with van der Waals surface area (Å²) in [6.07, 6.45) is 3.51. The Morgan fingerprint density at radius 1 is 0.838 bits per heavy atom. The smallest absolute Gasteiger partial charge is 0.155 e. The molecule has 1 N–H and O–H groups in total. The summed E-state index contributed by atoms with van der Waals surface area (Å²) in [5.74, 6) is 0.876. The van der Waals surface area contributed by atoms with Crippen molar-refractivity contribution < 1.29 is 0 Å². The van der Waals surface area contributed by atoms with Crippen molar-refractivity contribution in [3.8, 4) is 33.8 Å². The predicted octanol–water partition coefficient (Wildman–Crippen LogP) is 6.51. The minimum atomic E-state index is 0.653. The second-order valence-electron chi connectivity index (χ2n) is 8.90. The first-order chi connectivity index (χ1) is 18.1. The van der Waals surface area contributed by atoms with Crippen molar-refractivity contribution in [2.24, 2.45) is 0 Å². The summed E-state index contributed by atoms with van der Waals surface area (Å²) >= 11 is 2.38. The van der Waals surface area contributed by atoms with E-state index in [1.165, 1.54) is 16.7 Å². The van der Waals surface area contributed by atoms with Crippen molar-refractivity contribution in [3.63, 3.8) is 0 Å². The highest BCUT2D eigenvalue weighted by molar-refractivity contribution is 14.1. The minimum Gasteiger partial charge on any atom is -0.339 e. The average molecular weight is 597 g/mol. The second-order valence-corrected chi connectivity index (χ2v) is 10.3. The molecule has 0 saturated heterocycles. The highest BCUT2D eigenvalue weighted by atomic mass is 127. The Hall–Kier alpha value is -3.89. The van der Waals surface area contributed by atoms with E-state index in [1.807, 2.05) is 49.5 Å². The number of nitrogens with zero attached hydrogens (tertiary/aromatic N) is 6. The van der Waals surface area contributed by atoms with Gasteiger partial charge in [-0.25, -0.2) is 17.6 Å². The van der Waals surface area contributed by atoms with Gasteiger partial charge in [0, 0.05) is 46.9 Å². The molecular formula is C29H24IN7. The number of rotatable bonds is 7. The molecule has 0 fully saturated rings. The van der Waals surface area contributed by atoms with Crippen molar-refractivity contribution in [2.75, 3.05) is 0 Å². The van der Waals surface area contributed by atoms with Gasteiger partial charge in [-0.1, -0.05) is 54.6 Å². The maximum absolute atomic E-state index is 5.02. The molecule has 2 aromatic carbocycles. The Balaban J connectivity index is 1.29. The Morgan fingerprint density at radius 3 is 2.54 bits per heavy atom. The zero-order valence-electron chi connectivity index (χ0n) is 20.2. The molecule has 6 rings (SSSR count). The highest BCUT2D eigenvalue weighted by Crippen LogP contribution is 2.30. The first-order valence-corrected chi connectivity index (χ1v) is 13.0. The number of fused-ring (bicyclic) bond motifs is 1. The van der Waals surface area contributed by atoms with Gasteiger partial charge in [0.15, 0.2) is 5.65 Å². The summed E-state index contributed by atoms with van der Waals surface area (Å²) in [6, 6.07) is 29.2. The zero-order valence-corrected chi connectivity index (χ0v) is 22.4. The van der Waals surface area contributed by atoms with Crippen LogP contribution in [0.4, 0.5) is 0 Å². The summed E-state index contributed by atoms with van der Waals surface area (Å²) in [5, 5.41) is 4.29. The molecule has 0 aliphatic rings. The van der Waals surface area contributed by atoms with Crippen LogP contribution in [0, 0.1) is 6.92 Å². The van der Waals surface area contributed by atoms with Crippen LogP contribution in [0.5, 0.6) is 0 Å². The number of halogens is 1. The monoisotopic (exact) mass is 597 g/mol. The number of aromatic nitrogens is 6. The lowest BCUT2D eigenvalue weighted by Crippen LogP contribution is -2.11. The van der Waals surface area contributed by atoms with Crippen LogP contribution in [-0.4, -0.2) is 32.7 Å². The number of pyridine rings is 2. The normalized spacial score (nSPS) is 11.4. The quantitative estimate of drug-likeness (QED) is 0.168. The van der Waals surface area contributed by atoms with Crippen LogP contribution in [0.15, 0.2) is 97.5 Å². The van der Waals surface area contributed by atoms with E-state index in [0.717, 1.165) is 46.4 Å². The lowest BCUT2D eigenvalue weighted by Gasteiger charge is -2.14. The lowest BCUT2D eigenvalue weighted by molar-refractivity contribution is 0.490. The molecule has 0 aliphatic carbocycles. The van der Waals surface area contributed by atoms with Crippen LogP contribution in [0.3, 0.4) is 0 Å². The molecule has 0 saturated carbocycles. The van der Waals surface area contributed by atoms with Gasteiger partial charge in [-0.15, -0.1) is 0 Å². The number of aromatic amines is 1. The number of benzene rings is 2. The fraction of sp³-hybridized carbons (Fsp3) is 0.103. The average Bonchev–Trinajstić information content (AvgIpc) is 3.56. The summed E-state index contributed by atoms with van der Waals surface area (Å²) in [6.45, 7) is 3.44. The van der Waals surface area contributed by atoms with E-state index in [0.29, 0.717) is 6.54 Å². The number of H-pyrrole nitrogens is 1. The number of hydrogen-bond donors (Lipinski definition) is 1. The molecule has 0 radical (unpaired) electrons. The molecule has 0 spiro atoms. The van der Waals surface area contributed by atoms with Crippen molar-refractivity contribution in [1.29, 1.82) is 0 Å². The number of nitrogens with one attached hydrogen (secondary N) is 1.